The summed E-state index contributed by atoms with van der Waals surface area (Å²) >= 11 is 0. The Morgan fingerprint density at radius 3 is 2.47 bits per heavy atom. The molecule has 3 fully saturated rings. The number of cyclic esters (lactones) is 2. The van der Waals surface area contributed by atoms with E-state index in [-0.39, 0.29) is 31.8 Å². The van der Waals surface area contributed by atoms with Crippen LogP contribution in [0.2, 0.25) is 0 Å². The van der Waals surface area contributed by atoms with Crippen LogP contribution in [-0.4, -0.2) is 72.9 Å². The largest absolute Gasteiger partial charge is 0.463 e. The molecule has 8 atom stereocenters. The number of ether oxygens (including phenoxy) is 5. The van der Waals surface area contributed by atoms with E-state index in [1.54, 1.807) is 6.92 Å². The predicted octanol–water partition coefficient (Wildman–Crippen LogP) is 2.17. The maximum atomic E-state index is 12.9. The zero-order valence-electron chi connectivity index (χ0n) is 20.9. The Balaban J connectivity index is 1.52. The molecule has 3 heterocycles. The van der Waals surface area contributed by atoms with Crippen molar-refractivity contribution in [3.05, 3.63) is 36.0 Å². The molecule has 2 bridgehead atoms. The van der Waals surface area contributed by atoms with Gasteiger partial charge in [0.1, 0.15) is 18.3 Å². The Hall–Kier alpha value is -2.49. The number of epoxide rings is 1. The van der Waals surface area contributed by atoms with E-state index in [0.29, 0.717) is 19.4 Å². The van der Waals surface area contributed by atoms with Crippen molar-refractivity contribution in [3.63, 3.8) is 0 Å². The van der Waals surface area contributed by atoms with Crippen molar-refractivity contribution < 1.29 is 43.2 Å². The molecule has 0 amide bonds. The summed E-state index contributed by atoms with van der Waals surface area (Å²) in [6.07, 6.45) is 7.11. The lowest BCUT2D eigenvalue weighted by atomic mass is 9.51. The molecule has 196 valence electrons. The van der Waals surface area contributed by atoms with Crippen molar-refractivity contribution in [3.8, 4) is 0 Å². The van der Waals surface area contributed by atoms with E-state index in [0.717, 1.165) is 6.42 Å². The number of esters is 3. The van der Waals surface area contributed by atoms with Gasteiger partial charge in [-0.05, 0) is 32.1 Å². The van der Waals surface area contributed by atoms with E-state index in [1.807, 2.05) is 0 Å². The van der Waals surface area contributed by atoms with Crippen molar-refractivity contribution >= 4 is 17.9 Å². The standard InChI is InChI=1S/C27H34O9/c1-16-8-10-26-14-33-24(31)23(30)17(2)9-11-32-21(28)6-4-5-7-22(29)36-18-13-20(35-19(26)12-16)27(15-34-27)25(18,26)3/h4-7,12,17-20,23,30H,8-11,13-15H2,1-3H3/b6-4+,7-5-/t17-,18-,19-,20-,23+,25-,26-,27+/m1/s1. The van der Waals surface area contributed by atoms with E-state index in [4.69, 9.17) is 23.7 Å². The highest BCUT2D eigenvalue weighted by Gasteiger charge is 2.83. The third-order valence-corrected chi connectivity index (χ3v) is 9.12. The number of carbonyl (C=O) groups excluding carboxylic acids is 3. The smallest absolute Gasteiger partial charge is 0.335 e. The molecule has 2 spiro atoms. The fourth-order valence-corrected chi connectivity index (χ4v) is 6.65. The van der Waals surface area contributed by atoms with Gasteiger partial charge < -0.3 is 28.8 Å². The fraction of sp³-hybridized carbons (Fsp3) is 0.667. The molecular weight excluding hydrogens is 468 g/mol. The van der Waals surface area contributed by atoms with Crippen LogP contribution in [0.4, 0.5) is 0 Å². The molecular formula is C27H34O9. The number of carbonyl (C=O) groups is 3. The van der Waals surface area contributed by atoms with Crippen LogP contribution in [0.5, 0.6) is 0 Å². The molecule has 3 aliphatic heterocycles. The molecule has 1 saturated carbocycles. The van der Waals surface area contributed by atoms with Gasteiger partial charge in [-0.25, -0.2) is 14.4 Å². The van der Waals surface area contributed by atoms with Crippen molar-refractivity contribution in [1.82, 2.24) is 0 Å². The first kappa shape index (κ1) is 25.2. The highest BCUT2D eigenvalue weighted by Crippen LogP contribution is 2.72. The molecule has 0 unspecified atom stereocenters. The van der Waals surface area contributed by atoms with Crippen molar-refractivity contribution in [1.29, 1.82) is 0 Å². The lowest BCUT2D eigenvalue weighted by Crippen LogP contribution is -2.66. The molecule has 9 nitrogen and oxygen atoms in total. The van der Waals surface area contributed by atoms with Crippen molar-refractivity contribution in [2.75, 3.05) is 19.8 Å². The molecule has 9 heteroatoms. The normalized spacial score (nSPS) is 46.8. The molecule has 1 N–H and O–H groups in total. The number of rotatable bonds is 0. The van der Waals surface area contributed by atoms with E-state index >= 15 is 0 Å². The summed E-state index contributed by atoms with van der Waals surface area (Å²) in [5.41, 5.74) is -0.820. The maximum absolute atomic E-state index is 12.9. The van der Waals surface area contributed by atoms with Crippen molar-refractivity contribution in [2.45, 2.75) is 76.5 Å². The number of allylic oxidation sites excluding steroid dienone is 3. The average Bonchev–Trinajstić information content (AvgIpc) is 3.62. The van der Waals surface area contributed by atoms with Gasteiger partial charge in [-0.15, -0.1) is 0 Å². The first-order valence-electron chi connectivity index (χ1n) is 12.7. The lowest BCUT2D eigenvalue weighted by Gasteiger charge is -2.58. The fourth-order valence-electron chi connectivity index (χ4n) is 6.65. The topological polar surface area (TPSA) is 121 Å². The Kier molecular flexibility index (Phi) is 6.37. The van der Waals surface area contributed by atoms with Gasteiger partial charge in [0.2, 0.25) is 0 Å². The van der Waals surface area contributed by atoms with Gasteiger partial charge in [-0.2, -0.15) is 0 Å². The Bertz CT molecular complexity index is 1020. The third kappa shape index (κ3) is 3.83. The number of aliphatic hydroxyl groups is 1. The molecule has 2 saturated heterocycles. The van der Waals surface area contributed by atoms with Gasteiger partial charge in [0.25, 0.3) is 0 Å². The van der Waals surface area contributed by atoms with Gasteiger partial charge in [0, 0.05) is 24.0 Å². The van der Waals surface area contributed by atoms with Crippen LogP contribution in [0.25, 0.3) is 0 Å². The van der Waals surface area contributed by atoms with Crippen molar-refractivity contribution in [2.24, 2.45) is 16.7 Å². The van der Waals surface area contributed by atoms with E-state index in [1.165, 1.54) is 29.9 Å². The number of hydrogen-bond acceptors (Lipinski definition) is 9. The summed E-state index contributed by atoms with van der Waals surface area (Å²) in [4.78, 5) is 37.6. The van der Waals surface area contributed by atoms with Crippen LogP contribution in [0.1, 0.15) is 46.5 Å². The zero-order valence-corrected chi connectivity index (χ0v) is 20.9. The summed E-state index contributed by atoms with van der Waals surface area (Å²) < 4.78 is 29.6. The minimum absolute atomic E-state index is 0.00000344. The second-order valence-electron chi connectivity index (χ2n) is 11.0. The predicted molar refractivity (Wildman–Crippen MR) is 125 cm³/mol. The minimum atomic E-state index is -1.37. The quantitative estimate of drug-likeness (QED) is 0.230. The van der Waals surface area contributed by atoms with E-state index in [9.17, 15) is 19.5 Å². The number of aliphatic hydroxyl groups excluding tert-OH is 1. The monoisotopic (exact) mass is 502 g/mol. The zero-order chi connectivity index (χ0) is 25.7. The highest BCUT2D eigenvalue weighted by atomic mass is 16.6. The van der Waals surface area contributed by atoms with Crippen LogP contribution in [-0.2, 0) is 38.1 Å². The first-order valence-corrected chi connectivity index (χ1v) is 12.7. The summed E-state index contributed by atoms with van der Waals surface area (Å²) in [6, 6.07) is 0. The average molecular weight is 503 g/mol. The van der Waals surface area contributed by atoms with E-state index < -0.39 is 52.5 Å². The number of hydrogen-bond donors (Lipinski definition) is 1. The van der Waals surface area contributed by atoms with Gasteiger partial charge in [0.05, 0.1) is 30.8 Å². The molecule has 0 aromatic carbocycles. The van der Waals surface area contributed by atoms with Gasteiger partial charge >= 0.3 is 17.9 Å². The Morgan fingerprint density at radius 2 is 1.75 bits per heavy atom. The van der Waals surface area contributed by atoms with Gasteiger partial charge in [-0.1, -0.05) is 37.6 Å². The van der Waals surface area contributed by atoms with Crippen LogP contribution in [0.3, 0.4) is 0 Å². The van der Waals surface area contributed by atoms with Crippen LogP contribution < -0.4 is 0 Å². The summed E-state index contributed by atoms with van der Waals surface area (Å²) in [6.45, 7) is 6.34. The summed E-state index contributed by atoms with van der Waals surface area (Å²) in [5, 5.41) is 10.6. The SMILES string of the molecule is CC1=C[C@H]2O[C@@H]3C[C@H]4OC(=O)/C=C\C=C\C(=O)OCC[C@@H](C)[C@H](O)C(=O)OC[C@@]2(CC1)[C@]4(C)[C@]31CO1. The second-order valence-corrected chi connectivity index (χ2v) is 11.0. The van der Waals surface area contributed by atoms with Gasteiger partial charge in [-0.3, -0.25) is 0 Å². The second kappa shape index (κ2) is 9.11. The lowest BCUT2D eigenvalue weighted by molar-refractivity contribution is -0.234. The highest BCUT2D eigenvalue weighted by molar-refractivity contribution is 5.84. The summed E-state index contributed by atoms with van der Waals surface area (Å²) in [5.74, 6) is -2.34. The Labute approximate surface area is 210 Å². The molecule has 2 aliphatic carbocycles. The van der Waals surface area contributed by atoms with E-state index in [2.05, 4.69) is 19.9 Å². The molecule has 5 aliphatic rings. The maximum Gasteiger partial charge on any atom is 0.335 e. The first-order chi connectivity index (χ1) is 17.1. The molecule has 0 aromatic heterocycles. The Morgan fingerprint density at radius 1 is 1.03 bits per heavy atom. The van der Waals surface area contributed by atoms with Crippen LogP contribution in [0, 0.1) is 16.7 Å². The molecule has 0 radical (unpaired) electrons. The minimum Gasteiger partial charge on any atom is -0.463 e. The molecule has 5 rings (SSSR count). The summed E-state index contributed by atoms with van der Waals surface area (Å²) in [7, 11) is 0. The third-order valence-electron chi connectivity index (χ3n) is 9.12. The molecule has 36 heavy (non-hydrogen) atoms. The molecule has 0 aromatic rings. The van der Waals surface area contributed by atoms with Gasteiger partial charge in [0.15, 0.2) is 6.10 Å². The van der Waals surface area contributed by atoms with Crippen LogP contribution in [0.15, 0.2) is 36.0 Å². The van der Waals surface area contributed by atoms with Crippen LogP contribution >= 0.6 is 0 Å².